The molecule has 0 aromatic carbocycles. The van der Waals surface area contributed by atoms with Crippen molar-refractivity contribution in [3.8, 4) is 0 Å². The molecule has 144 valence electrons. The maximum Gasteiger partial charge on any atom is 0.249 e. The van der Waals surface area contributed by atoms with Crippen LogP contribution in [0, 0.1) is 11.8 Å². The lowest BCUT2D eigenvalue weighted by molar-refractivity contribution is -0.150. The van der Waals surface area contributed by atoms with Gasteiger partial charge in [-0.25, -0.2) is 8.78 Å². The molecule has 6 nitrogen and oxygen atoms in total. The van der Waals surface area contributed by atoms with Gasteiger partial charge in [-0.3, -0.25) is 14.4 Å². The molecule has 1 N–H and O–H groups in total. The molecule has 3 aliphatic rings. The number of hydrogen-bond acceptors (Lipinski definition) is 4. The fraction of sp³-hybridized carbons (Fsp3) is 0.778. The van der Waals surface area contributed by atoms with Crippen molar-refractivity contribution in [3.05, 3.63) is 18.0 Å². The van der Waals surface area contributed by atoms with Crippen LogP contribution in [0.25, 0.3) is 0 Å². The van der Waals surface area contributed by atoms with Crippen LogP contribution in [-0.2, 0) is 23.1 Å². The number of nitrogens with one attached hydrogen (secondary N) is 1. The molecule has 2 saturated heterocycles. The molecular weight excluding hydrogens is 342 g/mol. The number of carbonyl (C=O) groups excluding carboxylic acids is 1. The van der Waals surface area contributed by atoms with E-state index in [9.17, 15) is 13.6 Å². The van der Waals surface area contributed by atoms with Gasteiger partial charge in [-0.15, -0.1) is 0 Å². The van der Waals surface area contributed by atoms with E-state index in [-0.39, 0.29) is 24.3 Å². The first kappa shape index (κ1) is 17.9. The van der Waals surface area contributed by atoms with Crippen molar-refractivity contribution in [1.82, 2.24) is 20.0 Å². The van der Waals surface area contributed by atoms with Gasteiger partial charge in [0, 0.05) is 70.4 Å². The number of aromatic nitrogens is 2. The van der Waals surface area contributed by atoms with Crippen LogP contribution in [-0.4, -0.2) is 58.4 Å². The van der Waals surface area contributed by atoms with Gasteiger partial charge < -0.3 is 10.1 Å². The Morgan fingerprint density at radius 1 is 1.42 bits per heavy atom. The molecule has 1 aromatic rings. The molecule has 0 radical (unpaired) electrons. The van der Waals surface area contributed by atoms with Crippen molar-refractivity contribution in [2.45, 2.75) is 43.8 Å². The summed E-state index contributed by atoms with van der Waals surface area (Å²) in [4.78, 5) is 14.2. The van der Waals surface area contributed by atoms with Crippen molar-refractivity contribution >= 4 is 5.91 Å². The van der Waals surface area contributed by atoms with Gasteiger partial charge in [-0.1, -0.05) is 0 Å². The average Bonchev–Trinajstić information content (AvgIpc) is 3.11. The highest BCUT2D eigenvalue weighted by Crippen LogP contribution is 2.43. The minimum Gasteiger partial charge on any atom is -0.372 e. The van der Waals surface area contributed by atoms with E-state index in [1.54, 1.807) is 4.68 Å². The summed E-state index contributed by atoms with van der Waals surface area (Å²) in [6.07, 6.45) is 5.14. The van der Waals surface area contributed by atoms with Gasteiger partial charge in [0.1, 0.15) is 0 Å². The average molecular weight is 368 g/mol. The van der Waals surface area contributed by atoms with Gasteiger partial charge >= 0.3 is 0 Å². The Morgan fingerprint density at radius 2 is 2.19 bits per heavy atom. The molecule has 1 spiro atoms. The lowest BCUT2D eigenvalue weighted by Gasteiger charge is -2.50. The van der Waals surface area contributed by atoms with Gasteiger partial charge in [-0.2, -0.15) is 5.10 Å². The number of aryl methyl sites for hydroxylation is 1. The van der Waals surface area contributed by atoms with Crippen molar-refractivity contribution in [2.75, 3.05) is 26.2 Å². The zero-order valence-corrected chi connectivity index (χ0v) is 15.1. The Bertz CT molecular complexity index is 664. The predicted octanol–water partition coefficient (Wildman–Crippen LogP) is 1.56. The Morgan fingerprint density at radius 3 is 2.85 bits per heavy atom. The van der Waals surface area contributed by atoms with Crippen LogP contribution in [0.3, 0.4) is 0 Å². The standard InChI is InChI=1S/C18H26F2N4O2/c1-23-9-13(8-22-23)10-24-11-17(12-24)15(3-5-26-17)2-4-21-16(25)14-6-18(19,20)7-14/h8-9,14-15H,2-7,10-12H2,1H3,(H,21,25)/t15-/m1/s1. The summed E-state index contributed by atoms with van der Waals surface area (Å²) >= 11 is 0. The minimum atomic E-state index is -2.64. The molecule has 1 saturated carbocycles. The molecule has 4 rings (SSSR count). The summed E-state index contributed by atoms with van der Waals surface area (Å²) in [7, 11) is 1.91. The van der Waals surface area contributed by atoms with Gasteiger partial charge in [-0.05, 0) is 18.8 Å². The Kier molecular flexibility index (Phi) is 4.51. The second kappa shape index (κ2) is 6.56. The second-order valence-corrected chi connectivity index (χ2v) is 8.11. The van der Waals surface area contributed by atoms with E-state index in [1.165, 1.54) is 5.56 Å². The van der Waals surface area contributed by atoms with Crippen molar-refractivity contribution in [1.29, 1.82) is 0 Å². The smallest absolute Gasteiger partial charge is 0.249 e. The quantitative estimate of drug-likeness (QED) is 0.828. The van der Waals surface area contributed by atoms with Crippen LogP contribution in [0.15, 0.2) is 12.4 Å². The third-order valence-corrected chi connectivity index (χ3v) is 6.00. The number of rotatable bonds is 6. The molecule has 0 unspecified atom stereocenters. The lowest BCUT2D eigenvalue weighted by atomic mass is 9.78. The number of nitrogens with zero attached hydrogens (tertiary/aromatic N) is 3. The summed E-state index contributed by atoms with van der Waals surface area (Å²) in [5.41, 5.74) is 1.10. The van der Waals surface area contributed by atoms with E-state index >= 15 is 0 Å². The Hall–Kier alpha value is -1.54. The highest BCUT2D eigenvalue weighted by atomic mass is 19.3. The van der Waals surface area contributed by atoms with Gasteiger partial charge in [0.05, 0.1) is 11.8 Å². The number of carbonyl (C=O) groups is 1. The van der Waals surface area contributed by atoms with E-state index < -0.39 is 11.8 Å². The predicted molar refractivity (Wildman–Crippen MR) is 90.6 cm³/mol. The van der Waals surface area contributed by atoms with E-state index in [0.29, 0.717) is 12.5 Å². The number of likely N-dealkylation sites (tertiary alicyclic amines) is 1. The molecule has 1 aliphatic carbocycles. The van der Waals surface area contributed by atoms with Gasteiger partial charge in [0.25, 0.3) is 0 Å². The third-order valence-electron chi connectivity index (χ3n) is 6.00. The molecule has 26 heavy (non-hydrogen) atoms. The number of amides is 1. The van der Waals surface area contributed by atoms with Crippen LogP contribution in [0.4, 0.5) is 8.78 Å². The SMILES string of the molecule is Cn1cc(CN2CC3(C2)OCC[C@H]3CCNC(=O)C2CC(F)(F)C2)cn1. The third kappa shape index (κ3) is 3.49. The zero-order chi connectivity index (χ0) is 18.4. The number of hydrogen-bond donors (Lipinski definition) is 1. The topological polar surface area (TPSA) is 59.4 Å². The van der Waals surface area contributed by atoms with Crippen LogP contribution in [0.5, 0.6) is 0 Å². The molecule has 3 fully saturated rings. The number of alkyl halides is 2. The van der Waals surface area contributed by atoms with Crippen molar-refractivity contribution < 1.29 is 18.3 Å². The van der Waals surface area contributed by atoms with E-state index in [4.69, 9.17) is 4.74 Å². The van der Waals surface area contributed by atoms with Crippen LogP contribution in [0.2, 0.25) is 0 Å². The fourth-order valence-electron chi connectivity index (χ4n) is 4.54. The molecule has 1 atom stereocenters. The first-order chi connectivity index (χ1) is 12.4. The van der Waals surface area contributed by atoms with Gasteiger partial charge in [0.2, 0.25) is 11.8 Å². The largest absolute Gasteiger partial charge is 0.372 e. The molecule has 1 aromatic heterocycles. The first-order valence-corrected chi connectivity index (χ1v) is 9.35. The van der Waals surface area contributed by atoms with Crippen LogP contribution < -0.4 is 5.32 Å². The molecule has 8 heteroatoms. The molecule has 3 heterocycles. The fourth-order valence-corrected chi connectivity index (χ4v) is 4.54. The summed E-state index contributed by atoms with van der Waals surface area (Å²) < 4.78 is 33.6. The molecule has 2 aliphatic heterocycles. The highest BCUT2D eigenvalue weighted by molar-refractivity contribution is 5.79. The summed E-state index contributed by atoms with van der Waals surface area (Å²) in [6, 6.07) is 0. The van der Waals surface area contributed by atoms with Crippen molar-refractivity contribution in [3.63, 3.8) is 0 Å². The van der Waals surface area contributed by atoms with Crippen molar-refractivity contribution in [2.24, 2.45) is 18.9 Å². The normalized spacial score (nSPS) is 27.3. The monoisotopic (exact) mass is 368 g/mol. The maximum atomic E-state index is 12.9. The van der Waals surface area contributed by atoms with E-state index in [0.717, 1.165) is 39.1 Å². The second-order valence-electron chi connectivity index (χ2n) is 8.11. The number of ether oxygens (including phenoxy) is 1. The molecule has 1 amide bonds. The maximum absolute atomic E-state index is 12.9. The van der Waals surface area contributed by atoms with Crippen LogP contribution in [0.1, 0.15) is 31.2 Å². The summed E-state index contributed by atoms with van der Waals surface area (Å²) in [6.45, 7) is 3.97. The molecular formula is C18H26F2N4O2. The van der Waals surface area contributed by atoms with Crippen LogP contribution >= 0.6 is 0 Å². The Balaban J connectivity index is 1.20. The highest BCUT2D eigenvalue weighted by Gasteiger charge is 2.52. The Labute approximate surface area is 151 Å². The zero-order valence-electron chi connectivity index (χ0n) is 15.1. The van der Waals surface area contributed by atoms with Gasteiger partial charge in [0.15, 0.2) is 0 Å². The van der Waals surface area contributed by atoms with E-state index in [1.807, 2.05) is 19.4 Å². The summed E-state index contributed by atoms with van der Waals surface area (Å²) in [5, 5.41) is 7.03. The number of halogens is 2. The minimum absolute atomic E-state index is 0.101. The first-order valence-electron chi connectivity index (χ1n) is 9.35. The lowest BCUT2D eigenvalue weighted by Crippen LogP contribution is -2.64. The van der Waals surface area contributed by atoms with E-state index in [2.05, 4.69) is 15.3 Å². The summed E-state index contributed by atoms with van der Waals surface area (Å²) in [5.74, 6) is -2.97. The molecule has 0 bridgehead atoms.